The van der Waals surface area contributed by atoms with E-state index in [1.807, 2.05) is 6.07 Å². The number of nitrogen functional groups attached to an aromatic ring is 1. The molecule has 3 N–H and O–H groups in total. The minimum Gasteiger partial charge on any atom is -0.487 e. The second-order valence-corrected chi connectivity index (χ2v) is 2.95. The van der Waals surface area contributed by atoms with E-state index in [2.05, 4.69) is 15.9 Å². The molecule has 0 aliphatic heterocycles. The van der Waals surface area contributed by atoms with E-state index in [0.29, 0.717) is 0 Å². The second kappa shape index (κ2) is 5.65. The van der Waals surface area contributed by atoms with Crippen molar-refractivity contribution in [3.05, 3.63) is 27.7 Å². The molecule has 1 aromatic carbocycles. The van der Waals surface area contributed by atoms with Crippen LogP contribution in [0.15, 0.2) is 4.47 Å². The van der Waals surface area contributed by atoms with Crippen molar-refractivity contribution in [1.29, 1.82) is 0 Å². The Hall–Kier alpha value is 0.635. The Morgan fingerprint density at radius 2 is 2.00 bits per heavy atom. The maximum absolute atomic E-state index is 12.9. The van der Waals surface area contributed by atoms with Crippen molar-refractivity contribution in [1.82, 2.24) is 0 Å². The maximum Gasteiger partial charge on any atom is 1.00 e. The summed E-state index contributed by atoms with van der Waals surface area (Å²) in [7, 11) is 0. The topological polar surface area (TPSA) is 63.3 Å². The van der Waals surface area contributed by atoms with Crippen LogP contribution in [0.4, 0.5) is 14.5 Å². The van der Waals surface area contributed by atoms with E-state index in [1.54, 1.807) is 0 Å². The van der Waals surface area contributed by atoms with E-state index in [0.717, 1.165) is 0 Å². The van der Waals surface area contributed by atoms with Crippen molar-refractivity contribution in [2.24, 2.45) is 0 Å². The van der Waals surface area contributed by atoms with Gasteiger partial charge in [-0.3, -0.25) is 9.18 Å². The molecule has 0 saturated heterocycles. The summed E-state index contributed by atoms with van der Waals surface area (Å²) in [5.74, 6) is -3.85. The molecule has 1 rings (SSSR count). The van der Waals surface area contributed by atoms with Crippen LogP contribution in [0, 0.1) is 17.7 Å². The SMILES string of the molecule is Nc1c(F)c(Br)[c-]c(F)c1C(=O)O.[Rb+]. The van der Waals surface area contributed by atoms with Gasteiger partial charge in [-0.15, -0.1) is 6.07 Å². The summed E-state index contributed by atoms with van der Waals surface area (Å²) in [6.07, 6.45) is 0. The predicted molar refractivity (Wildman–Crippen MR) is 44.3 cm³/mol. The van der Waals surface area contributed by atoms with Gasteiger partial charge in [0.1, 0.15) is 0 Å². The van der Waals surface area contributed by atoms with Crippen LogP contribution >= 0.6 is 15.9 Å². The normalized spacial score (nSPS) is 9.36. The van der Waals surface area contributed by atoms with Crippen LogP contribution in [0.2, 0.25) is 0 Å². The smallest absolute Gasteiger partial charge is 0.487 e. The fourth-order valence-corrected chi connectivity index (χ4v) is 1.16. The zero-order valence-corrected chi connectivity index (χ0v) is 13.6. The van der Waals surface area contributed by atoms with E-state index < -0.39 is 28.9 Å². The molecule has 0 saturated carbocycles. The molecule has 0 bridgehead atoms. The number of anilines is 1. The first-order chi connectivity index (χ1) is 5.95. The number of carboxylic acid groups (broad SMARTS) is 1. The van der Waals surface area contributed by atoms with Gasteiger partial charge in [0.25, 0.3) is 5.97 Å². The number of aromatic carboxylic acids is 1. The molecule has 0 radical (unpaired) electrons. The Balaban J connectivity index is 0.00000169. The van der Waals surface area contributed by atoms with E-state index in [1.165, 1.54) is 0 Å². The molecule has 0 amide bonds. The minimum atomic E-state index is -1.63. The minimum absolute atomic E-state index is 0. The van der Waals surface area contributed by atoms with Crippen molar-refractivity contribution in [2.75, 3.05) is 5.73 Å². The average molecular weight is 336 g/mol. The van der Waals surface area contributed by atoms with Gasteiger partial charge in [0.2, 0.25) is 0 Å². The number of carboxylic acids is 1. The number of nitrogens with two attached hydrogens (primary N) is 1. The third kappa shape index (κ3) is 2.82. The Labute approximate surface area is 136 Å². The van der Waals surface area contributed by atoms with Crippen LogP contribution in [-0.4, -0.2) is 11.1 Å². The molecule has 0 spiro atoms. The molecule has 70 valence electrons. The van der Waals surface area contributed by atoms with E-state index in [4.69, 9.17) is 10.8 Å². The fourth-order valence-electron chi connectivity index (χ4n) is 0.769. The van der Waals surface area contributed by atoms with Crippen molar-refractivity contribution >= 4 is 27.6 Å². The summed E-state index contributed by atoms with van der Waals surface area (Å²) in [6.45, 7) is 0. The summed E-state index contributed by atoms with van der Waals surface area (Å²) in [4.78, 5) is 10.4. The van der Waals surface area contributed by atoms with Gasteiger partial charge >= 0.3 is 58.2 Å². The van der Waals surface area contributed by atoms with Crippen molar-refractivity contribution in [3.8, 4) is 0 Å². The predicted octanol–water partition coefficient (Wildman–Crippen LogP) is -1.19. The fraction of sp³-hybridized carbons (Fsp3) is 0. The Morgan fingerprint density at radius 3 is 2.43 bits per heavy atom. The van der Waals surface area contributed by atoms with Gasteiger partial charge < -0.3 is 10.8 Å². The van der Waals surface area contributed by atoms with Gasteiger partial charge in [0.15, 0.2) is 0 Å². The molecule has 7 heteroatoms. The van der Waals surface area contributed by atoms with Gasteiger partial charge in [-0.2, -0.15) is 0 Å². The van der Waals surface area contributed by atoms with E-state index >= 15 is 0 Å². The van der Waals surface area contributed by atoms with Crippen LogP contribution in [0.3, 0.4) is 0 Å². The summed E-state index contributed by atoms with van der Waals surface area (Å²) < 4.78 is 25.4. The third-order valence-corrected chi connectivity index (χ3v) is 1.90. The average Bonchev–Trinajstić information content (AvgIpc) is 1.99. The van der Waals surface area contributed by atoms with Crippen molar-refractivity contribution in [2.45, 2.75) is 0 Å². The first kappa shape index (κ1) is 14.6. The molecule has 0 unspecified atom stereocenters. The molecule has 0 aliphatic carbocycles. The molecule has 0 atom stereocenters. The van der Waals surface area contributed by atoms with Crippen LogP contribution in [0.25, 0.3) is 0 Å². The maximum atomic E-state index is 12.9. The molecule has 0 aromatic heterocycles. The van der Waals surface area contributed by atoms with Crippen LogP contribution in [0.5, 0.6) is 0 Å². The number of hydrogen-bond acceptors (Lipinski definition) is 2. The zero-order valence-electron chi connectivity index (χ0n) is 7.07. The standard InChI is InChI=1S/C7H3BrF2NO2.Rb/c8-2-1-3(9)4(7(12)13)6(11)5(2)10;/h11H2,(H,12,13);/q-1;+1. The summed E-state index contributed by atoms with van der Waals surface area (Å²) in [5, 5.41) is 8.44. The van der Waals surface area contributed by atoms with Crippen molar-refractivity contribution < 1.29 is 76.9 Å². The van der Waals surface area contributed by atoms with E-state index in [9.17, 15) is 13.6 Å². The summed E-state index contributed by atoms with van der Waals surface area (Å²) in [5.41, 5.74) is 3.40. The monoisotopic (exact) mass is 335 g/mol. The first-order valence-corrected chi connectivity index (χ1v) is 3.83. The molecule has 14 heavy (non-hydrogen) atoms. The second-order valence-electron chi connectivity index (χ2n) is 2.16. The summed E-state index contributed by atoms with van der Waals surface area (Å²) >= 11 is 2.64. The number of benzene rings is 1. The quantitative estimate of drug-likeness (QED) is 0.385. The molecule has 1 aromatic rings. The Bertz CT molecular complexity index is 386. The van der Waals surface area contributed by atoms with Gasteiger partial charge in [0, 0.05) is 17.2 Å². The Kier molecular flexibility index (Phi) is 5.90. The molecular formula is C7H3BrF2NO2Rb. The third-order valence-electron chi connectivity index (χ3n) is 1.35. The number of halogens is 3. The van der Waals surface area contributed by atoms with Gasteiger partial charge in [-0.05, 0) is 5.69 Å². The number of rotatable bonds is 1. The van der Waals surface area contributed by atoms with Crippen LogP contribution in [-0.2, 0) is 0 Å². The van der Waals surface area contributed by atoms with Gasteiger partial charge in [-0.1, -0.05) is 20.4 Å². The largest absolute Gasteiger partial charge is 1.00 e. The van der Waals surface area contributed by atoms with E-state index in [-0.39, 0.29) is 62.7 Å². The van der Waals surface area contributed by atoms with Gasteiger partial charge in [0.05, 0.1) is 0 Å². The molecule has 0 aliphatic rings. The molecule has 0 fully saturated rings. The van der Waals surface area contributed by atoms with Gasteiger partial charge in [-0.25, -0.2) is 4.39 Å². The number of carbonyl (C=O) groups is 1. The molecular weight excluding hydrogens is 333 g/mol. The Morgan fingerprint density at radius 1 is 1.50 bits per heavy atom. The molecule has 0 heterocycles. The van der Waals surface area contributed by atoms with Crippen molar-refractivity contribution in [3.63, 3.8) is 0 Å². The number of hydrogen-bond donors (Lipinski definition) is 2. The zero-order chi connectivity index (χ0) is 10.2. The van der Waals surface area contributed by atoms with Crippen LogP contribution < -0.4 is 63.9 Å². The summed E-state index contributed by atoms with van der Waals surface area (Å²) in [6, 6.07) is 1.84. The first-order valence-electron chi connectivity index (χ1n) is 3.03. The van der Waals surface area contributed by atoms with Crippen LogP contribution in [0.1, 0.15) is 10.4 Å². The molecule has 3 nitrogen and oxygen atoms in total.